The third-order valence-corrected chi connectivity index (χ3v) is 8.35. The highest BCUT2D eigenvalue weighted by atomic mass is 19.4. The molecule has 0 fully saturated rings. The number of hydrogen-bond acceptors (Lipinski definition) is 0. The first-order valence-corrected chi connectivity index (χ1v) is 13.5. The van der Waals surface area contributed by atoms with Gasteiger partial charge in [-0.15, -0.1) is 0 Å². The van der Waals surface area contributed by atoms with Gasteiger partial charge in [0.25, 0.3) is 0 Å². The van der Waals surface area contributed by atoms with Gasteiger partial charge in [-0.05, 0) is 72.0 Å². The van der Waals surface area contributed by atoms with Crippen molar-refractivity contribution < 1.29 is 22.3 Å². The van der Waals surface area contributed by atoms with E-state index >= 15 is 0 Å². The normalized spacial score (nSPS) is 17.7. The predicted octanol–water partition coefficient (Wildman–Crippen LogP) is 8.04. The molecule has 2 unspecified atom stereocenters. The lowest BCUT2D eigenvalue weighted by Gasteiger charge is -2.29. The summed E-state index contributed by atoms with van der Waals surface area (Å²) in [5, 5.41) is 0. The zero-order valence-corrected chi connectivity index (χ0v) is 21.8. The Morgan fingerprint density at radius 1 is 0.700 bits per heavy atom. The third-order valence-electron chi connectivity index (χ3n) is 8.35. The minimum atomic E-state index is -4.41. The van der Waals surface area contributed by atoms with E-state index in [0.29, 0.717) is 18.4 Å². The largest absolute Gasteiger partial charge is 0.416 e. The Morgan fingerprint density at radius 3 is 2.30 bits per heavy atom. The lowest BCUT2D eigenvalue weighted by atomic mass is 9.78. The fourth-order valence-corrected chi connectivity index (χ4v) is 6.50. The molecule has 0 radical (unpaired) electrons. The van der Waals surface area contributed by atoms with Crippen LogP contribution in [0.4, 0.5) is 13.2 Å². The maximum atomic E-state index is 13.9. The summed E-state index contributed by atoms with van der Waals surface area (Å²) in [6.45, 7) is 4.65. The molecule has 3 aromatic carbocycles. The average molecular weight is 533 g/mol. The number of fused-ring (bicyclic) bond motifs is 9. The number of pyridine rings is 2. The Hall–Kier alpha value is -4.51. The van der Waals surface area contributed by atoms with Gasteiger partial charge in [0.05, 0.1) is 11.5 Å². The van der Waals surface area contributed by atoms with Crippen molar-refractivity contribution in [3.8, 4) is 33.6 Å². The van der Waals surface area contributed by atoms with E-state index in [4.69, 9.17) is 0 Å². The molecule has 0 N–H and O–H groups in total. The van der Waals surface area contributed by atoms with Crippen LogP contribution in [0, 0.1) is 0 Å². The van der Waals surface area contributed by atoms with E-state index in [9.17, 15) is 13.2 Å². The zero-order chi connectivity index (χ0) is 27.4. The van der Waals surface area contributed by atoms with Crippen LogP contribution in [-0.2, 0) is 12.6 Å². The molecule has 0 saturated heterocycles. The molecule has 0 aliphatic carbocycles. The third kappa shape index (κ3) is 3.96. The van der Waals surface area contributed by atoms with Gasteiger partial charge in [0.2, 0.25) is 23.1 Å². The summed E-state index contributed by atoms with van der Waals surface area (Å²) in [5.74, 6) is 0.0400. The summed E-state index contributed by atoms with van der Waals surface area (Å²) in [6.07, 6.45) is 0.914. The van der Waals surface area contributed by atoms with Crippen molar-refractivity contribution in [2.45, 2.75) is 31.0 Å². The smallest absolute Gasteiger partial charge is 0.184 e. The van der Waals surface area contributed by atoms with Gasteiger partial charge in [0, 0.05) is 35.4 Å². The van der Waals surface area contributed by atoms with Gasteiger partial charge in [0.1, 0.15) is 0 Å². The van der Waals surface area contributed by atoms with Crippen molar-refractivity contribution in [3.05, 3.63) is 139 Å². The Bertz CT molecular complexity index is 1770. The topological polar surface area (TPSA) is 7.76 Å². The van der Waals surface area contributed by atoms with Gasteiger partial charge in [0.15, 0.2) is 12.4 Å². The number of hydrogen-bond donors (Lipinski definition) is 0. The molecule has 7 rings (SSSR count). The van der Waals surface area contributed by atoms with Crippen LogP contribution >= 0.6 is 0 Å². The molecular weight excluding hydrogens is 505 g/mol. The van der Waals surface area contributed by atoms with Crippen molar-refractivity contribution in [2.75, 3.05) is 0 Å². The van der Waals surface area contributed by atoms with Crippen LogP contribution in [0.3, 0.4) is 0 Å². The molecule has 0 amide bonds. The Labute approximate surface area is 231 Å². The molecule has 4 heterocycles. The predicted molar refractivity (Wildman–Crippen MR) is 150 cm³/mol. The quantitative estimate of drug-likeness (QED) is 0.193. The van der Waals surface area contributed by atoms with E-state index < -0.39 is 11.7 Å². The second-order valence-electron chi connectivity index (χ2n) is 10.6. The monoisotopic (exact) mass is 532 g/mol. The van der Waals surface area contributed by atoms with Crippen LogP contribution in [0.15, 0.2) is 122 Å². The van der Waals surface area contributed by atoms with Crippen molar-refractivity contribution in [2.24, 2.45) is 0 Å². The van der Waals surface area contributed by atoms with Crippen LogP contribution in [0.2, 0.25) is 0 Å². The number of alkyl halides is 3. The van der Waals surface area contributed by atoms with E-state index in [-0.39, 0.29) is 12.0 Å². The number of aryl methyl sites for hydroxylation is 1. The zero-order valence-electron chi connectivity index (χ0n) is 21.8. The van der Waals surface area contributed by atoms with E-state index in [1.807, 2.05) is 60.8 Å². The molecule has 196 valence electrons. The van der Waals surface area contributed by atoms with E-state index in [2.05, 4.69) is 52.2 Å². The summed E-state index contributed by atoms with van der Waals surface area (Å²) in [7, 11) is 0. The highest BCUT2D eigenvalue weighted by molar-refractivity contribution is 5.72. The molecule has 0 bridgehead atoms. The second-order valence-corrected chi connectivity index (χ2v) is 10.6. The molecule has 2 aliphatic heterocycles. The SMILES string of the molecule is C=C1C2C(CCc3cc(C(F)(F)F)ccc3-c3cc(-c4ccccc4)cc[n+]31)c1ccccc1-c1cccc[n+]12. The van der Waals surface area contributed by atoms with E-state index in [1.54, 1.807) is 6.07 Å². The van der Waals surface area contributed by atoms with Crippen LogP contribution < -0.4 is 9.13 Å². The van der Waals surface area contributed by atoms with Gasteiger partial charge < -0.3 is 0 Å². The number of nitrogens with zero attached hydrogens (tertiary/aromatic N) is 2. The van der Waals surface area contributed by atoms with E-state index in [1.165, 1.54) is 17.7 Å². The van der Waals surface area contributed by atoms with Crippen LogP contribution in [0.1, 0.15) is 35.1 Å². The first-order valence-electron chi connectivity index (χ1n) is 13.5. The van der Waals surface area contributed by atoms with Gasteiger partial charge >= 0.3 is 6.18 Å². The molecule has 40 heavy (non-hydrogen) atoms. The summed E-state index contributed by atoms with van der Waals surface area (Å²) >= 11 is 0. The fourth-order valence-electron chi connectivity index (χ4n) is 6.50. The van der Waals surface area contributed by atoms with Gasteiger partial charge in [-0.2, -0.15) is 22.3 Å². The Balaban J connectivity index is 1.49. The Morgan fingerprint density at radius 2 is 1.48 bits per heavy atom. The average Bonchev–Trinajstić information content (AvgIpc) is 3.03. The molecule has 0 spiro atoms. The summed E-state index contributed by atoms with van der Waals surface area (Å²) < 4.78 is 46.0. The lowest BCUT2D eigenvalue weighted by molar-refractivity contribution is -0.727. The van der Waals surface area contributed by atoms with Crippen molar-refractivity contribution in [1.29, 1.82) is 0 Å². The van der Waals surface area contributed by atoms with E-state index in [0.717, 1.165) is 39.3 Å². The van der Waals surface area contributed by atoms with Crippen molar-refractivity contribution >= 4 is 5.70 Å². The van der Waals surface area contributed by atoms with Crippen LogP contribution in [0.25, 0.3) is 39.3 Å². The molecule has 0 saturated carbocycles. The minimum Gasteiger partial charge on any atom is -0.184 e. The summed E-state index contributed by atoms with van der Waals surface area (Å²) in [6, 6.07) is 32.9. The number of allylic oxidation sites excluding steroid dienone is 1. The minimum absolute atomic E-state index is 0.0400. The second kappa shape index (κ2) is 9.30. The number of rotatable bonds is 1. The number of benzene rings is 3. The maximum absolute atomic E-state index is 13.9. The first-order chi connectivity index (χ1) is 19.4. The standard InChI is InChI=1S/C35H27F3N2/c1-23-34-31(29-11-5-6-12-30(29)32-13-7-8-19-40(32)34)16-14-26-21-27(35(36,37)38)15-17-28(26)33-22-25(18-20-39(23)33)24-9-3-2-4-10-24/h2-13,15,17-22,31,34H,1,14,16H2/q+2. The first kappa shape index (κ1) is 24.5. The van der Waals surface area contributed by atoms with Crippen LogP contribution in [-0.4, -0.2) is 0 Å². The maximum Gasteiger partial charge on any atom is 0.416 e. The van der Waals surface area contributed by atoms with Crippen LogP contribution in [0.5, 0.6) is 0 Å². The summed E-state index contributed by atoms with van der Waals surface area (Å²) in [5.41, 5.74) is 8.14. The molecular formula is C35H27F3N2+2. The fraction of sp³-hybridized carbons (Fsp3) is 0.143. The molecule has 2 nitrogen and oxygen atoms in total. The van der Waals surface area contributed by atoms with Gasteiger partial charge in [-0.25, -0.2) is 0 Å². The summed E-state index contributed by atoms with van der Waals surface area (Å²) in [4.78, 5) is 0. The molecule has 5 aromatic rings. The molecule has 5 heteroatoms. The molecule has 2 aliphatic rings. The van der Waals surface area contributed by atoms with Crippen molar-refractivity contribution in [3.63, 3.8) is 0 Å². The Kier molecular flexibility index (Phi) is 5.70. The highest BCUT2D eigenvalue weighted by Gasteiger charge is 2.46. The molecule has 2 atom stereocenters. The molecule has 2 aromatic heterocycles. The van der Waals surface area contributed by atoms with Crippen molar-refractivity contribution in [1.82, 2.24) is 0 Å². The number of halogens is 3. The van der Waals surface area contributed by atoms with Gasteiger partial charge in [-0.1, -0.05) is 48.5 Å². The highest BCUT2D eigenvalue weighted by Crippen LogP contribution is 2.45. The number of aromatic nitrogens is 2. The van der Waals surface area contributed by atoms with Gasteiger partial charge in [-0.3, -0.25) is 0 Å². The lowest BCUT2D eigenvalue weighted by Crippen LogP contribution is -2.53.